The van der Waals surface area contributed by atoms with Gasteiger partial charge in [-0.1, -0.05) is 18.2 Å². The van der Waals surface area contributed by atoms with Gasteiger partial charge in [0.05, 0.1) is 11.4 Å². The van der Waals surface area contributed by atoms with Crippen LogP contribution < -0.4 is 0 Å². The van der Waals surface area contributed by atoms with Crippen LogP contribution in [0.15, 0.2) is 40.3 Å². The molecule has 0 amide bonds. The number of hydrogen-bond acceptors (Lipinski definition) is 4. The molecule has 0 atom stereocenters. The number of hydrogen-bond donors (Lipinski definition) is 0. The third-order valence-electron chi connectivity index (χ3n) is 2.52. The lowest BCUT2D eigenvalue weighted by atomic mass is 10.0. The smallest absolute Gasteiger partial charge is 0.211 e. The van der Waals surface area contributed by atoms with Gasteiger partial charge in [-0.05, 0) is 30.0 Å². The van der Waals surface area contributed by atoms with E-state index >= 15 is 0 Å². The highest BCUT2D eigenvalue weighted by atomic mass is 16.1. The Kier molecular flexibility index (Phi) is 2.93. The van der Waals surface area contributed by atoms with Crippen LogP contribution in [0.4, 0.5) is 11.4 Å². The zero-order valence-electron chi connectivity index (χ0n) is 9.10. The molecule has 0 aromatic heterocycles. The number of fused-ring (bicyclic) bond motifs is 1. The van der Waals surface area contributed by atoms with Crippen molar-refractivity contribution in [2.45, 2.75) is 6.92 Å². The first-order valence-electron chi connectivity index (χ1n) is 4.95. The third-order valence-corrected chi connectivity index (χ3v) is 2.52. The molecule has 4 heteroatoms. The minimum Gasteiger partial charge on any atom is -0.211 e. The molecule has 0 saturated carbocycles. The number of carbonyl (C=O) groups excluding carboxylic acids is 2. The van der Waals surface area contributed by atoms with E-state index in [2.05, 4.69) is 9.98 Å². The highest BCUT2D eigenvalue weighted by Gasteiger charge is 2.05. The van der Waals surface area contributed by atoms with Crippen molar-refractivity contribution in [1.82, 2.24) is 0 Å². The Morgan fingerprint density at radius 2 is 1.76 bits per heavy atom. The molecule has 4 nitrogen and oxygen atoms in total. The van der Waals surface area contributed by atoms with Crippen LogP contribution in [0.2, 0.25) is 0 Å². The Balaban J connectivity index is 2.90. The average Bonchev–Trinajstić information content (AvgIpc) is 2.31. The summed E-state index contributed by atoms with van der Waals surface area (Å²) in [6, 6.07) is 8.99. The van der Waals surface area contributed by atoms with E-state index in [4.69, 9.17) is 0 Å². The Labute approximate surface area is 97.3 Å². The van der Waals surface area contributed by atoms with Gasteiger partial charge in [0, 0.05) is 5.39 Å². The van der Waals surface area contributed by atoms with Crippen LogP contribution in [0.3, 0.4) is 0 Å². The summed E-state index contributed by atoms with van der Waals surface area (Å²) >= 11 is 0. The Bertz CT molecular complexity index is 679. The topological polar surface area (TPSA) is 58.9 Å². The minimum atomic E-state index is 0.427. The second kappa shape index (κ2) is 4.54. The van der Waals surface area contributed by atoms with Gasteiger partial charge in [0.2, 0.25) is 12.2 Å². The summed E-state index contributed by atoms with van der Waals surface area (Å²) in [4.78, 5) is 27.8. The molecule has 0 fully saturated rings. The predicted molar refractivity (Wildman–Crippen MR) is 64.2 cm³/mol. The van der Waals surface area contributed by atoms with Crippen molar-refractivity contribution in [1.29, 1.82) is 0 Å². The van der Waals surface area contributed by atoms with E-state index in [1.807, 2.05) is 25.1 Å². The summed E-state index contributed by atoms with van der Waals surface area (Å²) in [5, 5.41) is 1.73. The summed E-state index contributed by atoms with van der Waals surface area (Å²) < 4.78 is 0. The van der Waals surface area contributed by atoms with Crippen molar-refractivity contribution < 1.29 is 9.59 Å². The maximum atomic E-state index is 10.4. The normalized spacial score (nSPS) is 9.47. The zero-order chi connectivity index (χ0) is 12.3. The fourth-order valence-corrected chi connectivity index (χ4v) is 1.76. The summed E-state index contributed by atoms with van der Waals surface area (Å²) in [6.45, 7) is 1.94. The first kappa shape index (κ1) is 11.0. The molecule has 17 heavy (non-hydrogen) atoms. The van der Waals surface area contributed by atoms with E-state index in [1.54, 1.807) is 12.1 Å². The van der Waals surface area contributed by atoms with Crippen LogP contribution >= 0.6 is 0 Å². The molecule has 2 rings (SSSR count). The van der Waals surface area contributed by atoms with E-state index in [9.17, 15) is 9.59 Å². The molecule has 0 aliphatic carbocycles. The van der Waals surface area contributed by atoms with E-state index in [1.165, 1.54) is 12.2 Å². The van der Waals surface area contributed by atoms with Crippen LogP contribution in [-0.4, -0.2) is 12.2 Å². The van der Waals surface area contributed by atoms with Crippen molar-refractivity contribution >= 4 is 34.3 Å². The largest absolute Gasteiger partial charge is 0.240 e. The van der Waals surface area contributed by atoms with Crippen molar-refractivity contribution in [3.63, 3.8) is 0 Å². The van der Waals surface area contributed by atoms with Gasteiger partial charge in [0.25, 0.3) is 0 Å². The van der Waals surface area contributed by atoms with Crippen molar-refractivity contribution in [3.05, 3.63) is 35.9 Å². The zero-order valence-corrected chi connectivity index (χ0v) is 9.10. The molecule has 2 aromatic carbocycles. The lowest BCUT2D eigenvalue weighted by Gasteiger charge is -2.05. The monoisotopic (exact) mass is 224 g/mol. The van der Waals surface area contributed by atoms with Gasteiger partial charge in [-0.25, -0.2) is 9.59 Å². The van der Waals surface area contributed by atoms with Crippen LogP contribution in [0, 0.1) is 6.92 Å². The van der Waals surface area contributed by atoms with E-state index in [-0.39, 0.29) is 0 Å². The predicted octanol–water partition coefficient (Wildman–Crippen LogP) is 3.08. The van der Waals surface area contributed by atoms with Crippen LogP contribution in [0.25, 0.3) is 10.8 Å². The second-order valence-corrected chi connectivity index (χ2v) is 3.54. The Morgan fingerprint density at radius 1 is 1.00 bits per heavy atom. The highest BCUT2D eigenvalue weighted by molar-refractivity contribution is 5.97. The third kappa shape index (κ3) is 2.04. The van der Waals surface area contributed by atoms with Gasteiger partial charge in [0.1, 0.15) is 0 Å². The lowest BCUT2D eigenvalue weighted by Crippen LogP contribution is -1.79. The van der Waals surface area contributed by atoms with Gasteiger partial charge in [-0.3, -0.25) is 0 Å². The van der Waals surface area contributed by atoms with Crippen molar-refractivity contribution in [2.24, 2.45) is 9.98 Å². The number of rotatable bonds is 2. The van der Waals surface area contributed by atoms with Crippen LogP contribution in [0.5, 0.6) is 0 Å². The standard InChI is InChI=1S/C13H8N2O2/c1-9-3-2-4-11-12(9)5-10(14-7-16)6-13(11)15-8-17/h2-6H,1H3. The van der Waals surface area contributed by atoms with Gasteiger partial charge < -0.3 is 0 Å². The minimum absolute atomic E-state index is 0.427. The van der Waals surface area contributed by atoms with Gasteiger partial charge in [0.15, 0.2) is 0 Å². The summed E-state index contributed by atoms with van der Waals surface area (Å²) in [5.74, 6) is 0. The molecule has 0 aliphatic rings. The van der Waals surface area contributed by atoms with Gasteiger partial charge >= 0.3 is 0 Å². The molecule has 82 valence electrons. The summed E-state index contributed by atoms with van der Waals surface area (Å²) in [5.41, 5.74) is 1.90. The van der Waals surface area contributed by atoms with E-state index in [0.29, 0.717) is 11.4 Å². The number of isocyanates is 2. The van der Waals surface area contributed by atoms with Crippen LogP contribution in [0.1, 0.15) is 5.56 Å². The first-order chi connectivity index (χ1) is 8.26. The lowest BCUT2D eigenvalue weighted by molar-refractivity contribution is 0.565. The quantitative estimate of drug-likeness (QED) is 0.581. The average molecular weight is 224 g/mol. The maximum absolute atomic E-state index is 10.4. The van der Waals surface area contributed by atoms with Crippen LogP contribution in [-0.2, 0) is 9.59 Å². The Morgan fingerprint density at radius 3 is 2.47 bits per heavy atom. The Hall–Kier alpha value is -2.54. The fourth-order valence-electron chi connectivity index (χ4n) is 1.76. The first-order valence-corrected chi connectivity index (χ1v) is 4.95. The molecular formula is C13H8N2O2. The molecule has 0 heterocycles. The number of benzene rings is 2. The molecular weight excluding hydrogens is 216 g/mol. The molecule has 0 bridgehead atoms. The summed E-state index contributed by atoms with van der Waals surface area (Å²) in [7, 11) is 0. The van der Waals surface area contributed by atoms with Crippen molar-refractivity contribution in [2.75, 3.05) is 0 Å². The number of aliphatic imine (C=N–C) groups is 2. The number of nitrogens with zero attached hydrogens (tertiary/aromatic N) is 2. The van der Waals surface area contributed by atoms with E-state index < -0.39 is 0 Å². The molecule has 0 spiro atoms. The fraction of sp³-hybridized carbons (Fsp3) is 0.0769. The van der Waals surface area contributed by atoms with Gasteiger partial charge in [-0.2, -0.15) is 9.98 Å². The summed E-state index contributed by atoms with van der Waals surface area (Å²) in [6.07, 6.45) is 2.97. The maximum Gasteiger partial charge on any atom is 0.240 e. The molecule has 0 aliphatic heterocycles. The van der Waals surface area contributed by atoms with E-state index in [0.717, 1.165) is 16.3 Å². The SMILES string of the molecule is Cc1cccc2c(N=C=O)cc(N=C=O)cc12. The second-order valence-electron chi connectivity index (χ2n) is 3.54. The molecule has 2 aromatic rings. The molecule has 0 unspecified atom stereocenters. The highest BCUT2D eigenvalue weighted by Crippen LogP contribution is 2.32. The van der Waals surface area contributed by atoms with Gasteiger partial charge in [-0.15, -0.1) is 0 Å². The molecule has 0 radical (unpaired) electrons. The number of aryl methyl sites for hydroxylation is 1. The molecule has 0 N–H and O–H groups in total. The van der Waals surface area contributed by atoms with Crippen molar-refractivity contribution in [3.8, 4) is 0 Å². The molecule has 0 saturated heterocycles.